The number of aryl methyl sites for hydroxylation is 1. The van der Waals surface area contributed by atoms with Crippen LogP contribution in [0, 0.1) is 0 Å². The van der Waals surface area contributed by atoms with Crippen molar-refractivity contribution in [2.75, 3.05) is 11.4 Å². The maximum Gasteiger partial charge on any atom is 0.399 e. The number of halogens is 2. The lowest BCUT2D eigenvalue weighted by molar-refractivity contribution is -0.125. The first kappa shape index (κ1) is 23.3. The summed E-state index contributed by atoms with van der Waals surface area (Å²) in [5.41, 5.74) is -1.05. The zero-order chi connectivity index (χ0) is 24.0. The van der Waals surface area contributed by atoms with Gasteiger partial charge < -0.3 is 20.0 Å². The van der Waals surface area contributed by atoms with Crippen molar-refractivity contribution < 1.29 is 32.7 Å². The number of hydrogen-bond donors (Lipinski definition) is 3. The summed E-state index contributed by atoms with van der Waals surface area (Å²) in [6, 6.07) is 9.67. The molecule has 2 aliphatic heterocycles. The van der Waals surface area contributed by atoms with Gasteiger partial charge in [-0.2, -0.15) is 8.78 Å². The molecule has 3 N–H and O–H groups in total. The third-order valence-electron chi connectivity index (χ3n) is 6.06. The summed E-state index contributed by atoms with van der Waals surface area (Å²) >= 11 is 0. The van der Waals surface area contributed by atoms with Gasteiger partial charge >= 0.3 is 13.3 Å². The number of amides is 2. The van der Waals surface area contributed by atoms with Crippen molar-refractivity contribution in [2.24, 2.45) is 0 Å². The number of carbonyl (C=O) groups is 2. The molecule has 33 heavy (non-hydrogen) atoms. The molecule has 0 saturated heterocycles. The third kappa shape index (κ3) is 4.36. The SMILES string of the molecule is C/C(=C\C(=O)N[C@H]1CCc2cccc3c2N(CC3)C1=O)c1ccc(C(F)(F)P(=O)(O)O)cc1. The van der Waals surface area contributed by atoms with E-state index in [1.807, 2.05) is 18.2 Å². The number of nitrogens with one attached hydrogen (secondary N) is 1. The second kappa shape index (κ2) is 8.48. The van der Waals surface area contributed by atoms with E-state index in [-0.39, 0.29) is 5.91 Å². The molecule has 4 rings (SSSR count). The van der Waals surface area contributed by atoms with E-state index >= 15 is 0 Å². The molecule has 0 aliphatic carbocycles. The fraction of sp³-hybridized carbons (Fsp3) is 0.304. The number of rotatable bonds is 5. The second-order valence-corrected chi connectivity index (χ2v) is 9.90. The first-order valence-corrected chi connectivity index (χ1v) is 12.1. The lowest BCUT2D eigenvalue weighted by Gasteiger charge is -2.22. The Bertz CT molecular complexity index is 1190. The summed E-state index contributed by atoms with van der Waals surface area (Å²) in [7, 11) is -5.66. The molecular formula is C23H23F2N2O5P. The molecule has 0 bridgehead atoms. The van der Waals surface area contributed by atoms with Gasteiger partial charge in [0, 0.05) is 18.2 Å². The molecule has 2 aliphatic rings. The van der Waals surface area contributed by atoms with Crippen LogP contribution in [0.5, 0.6) is 0 Å². The Morgan fingerprint density at radius 1 is 1.15 bits per heavy atom. The van der Waals surface area contributed by atoms with E-state index in [1.54, 1.807) is 11.8 Å². The molecule has 0 radical (unpaired) electrons. The van der Waals surface area contributed by atoms with E-state index in [2.05, 4.69) is 5.32 Å². The molecule has 0 saturated carbocycles. The Morgan fingerprint density at radius 3 is 2.42 bits per heavy atom. The van der Waals surface area contributed by atoms with Gasteiger partial charge in [-0.15, -0.1) is 0 Å². The standard InChI is InChI=1S/C23H23F2N2O5P/c1-14(15-5-8-18(9-6-15)23(24,25)33(30,31)32)13-20(28)26-19-10-7-16-3-2-4-17-11-12-27(21(16)17)22(19)29/h2-6,8-9,13,19H,7,10-12H2,1H3,(H,26,28)(H2,30,31,32)/b14-13+/t19-/m0/s1. The van der Waals surface area contributed by atoms with Crippen LogP contribution < -0.4 is 10.2 Å². The van der Waals surface area contributed by atoms with Gasteiger partial charge in [-0.1, -0.05) is 42.5 Å². The average molecular weight is 476 g/mol. The molecular weight excluding hydrogens is 453 g/mol. The van der Waals surface area contributed by atoms with Crippen LogP contribution in [0.15, 0.2) is 48.5 Å². The number of hydrogen-bond acceptors (Lipinski definition) is 3. The summed E-state index contributed by atoms with van der Waals surface area (Å²) in [4.78, 5) is 45.1. The van der Waals surface area contributed by atoms with Crippen LogP contribution >= 0.6 is 7.60 Å². The first-order chi connectivity index (χ1) is 15.5. The highest BCUT2D eigenvalue weighted by Gasteiger charge is 2.50. The van der Waals surface area contributed by atoms with E-state index in [0.717, 1.165) is 35.4 Å². The molecule has 7 nitrogen and oxygen atoms in total. The van der Waals surface area contributed by atoms with Gasteiger partial charge in [0.15, 0.2) is 0 Å². The minimum absolute atomic E-state index is 0.151. The molecule has 174 valence electrons. The van der Waals surface area contributed by atoms with E-state index in [1.165, 1.54) is 18.2 Å². The minimum Gasteiger partial charge on any atom is -0.341 e. The smallest absolute Gasteiger partial charge is 0.341 e. The molecule has 2 aromatic rings. The number of anilines is 1. The number of allylic oxidation sites excluding steroid dienone is 1. The molecule has 0 unspecified atom stereocenters. The largest absolute Gasteiger partial charge is 0.399 e. The highest BCUT2D eigenvalue weighted by molar-refractivity contribution is 7.52. The van der Waals surface area contributed by atoms with E-state index in [9.17, 15) is 22.9 Å². The predicted molar refractivity (Wildman–Crippen MR) is 119 cm³/mol. The van der Waals surface area contributed by atoms with Gasteiger partial charge in [0.2, 0.25) is 11.8 Å². The fourth-order valence-electron chi connectivity index (χ4n) is 4.30. The van der Waals surface area contributed by atoms with Crippen LogP contribution in [0.4, 0.5) is 14.5 Å². The maximum absolute atomic E-state index is 13.8. The average Bonchev–Trinajstić information content (AvgIpc) is 3.14. The summed E-state index contributed by atoms with van der Waals surface area (Å²) in [5.74, 6) is -0.636. The van der Waals surface area contributed by atoms with Gasteiger partial charge in [0.05, 0.1) is 5.69 Å². The van der Waals surface area contributed by atoms with E-state index < -0.39 is 30.8 Å². The summed E-state index contributed by atoms with van der Waals surface area (Å²) in [5, 5.41) is 2.76. The molecule has 0 spiro atoms. The fourth-order valence-corrected chi connectivity index (χ4v) is 4.79. The number of carbonyl (C=O) groups excluding carboxylic acids is 2. The topological polar surface area (TPSA) is 107 Å². The maximum atomic E-state index is 13.8. The number of nitrogens with zero attached hydrogens (tertiary/aromatic N) is 1. The second-order valence-electron chi connectivity index (χ2n) is 8.25. The zero-order valence-corrected chi connectivity index (χ0v) is 18.7. The van der Waals surface area contributed by atoms with Crippen LogP contribution in [0.1, 0.15) is 35.6 Å². The van der Waals surface area contributed by atoms with E-state index in [4.69, 9.17) is 9.79 Å². The Kier molecular flexibility index (Phi) is 5.99. The van der Waals surface area contributed by atoms with Crippen molar-refractivity contribution in [3.63, 3.8) is 0 Å². The van der Waals surface area contributed by atoms with Crippen molar-refractivity contribution in [3.8, 4) is 0 Å². The molecule has 1 atom stereocenters. The van der Waals surface area contributed by atoms with Crippen molar-refractivity contribution >= 4 is 30.7 Å². The summed E-state index contributed by atoms with van der Waals surface area (Å²) in [6.45, 7) is 2.19. The van der Waals surface area contributed by atoms with Gasteiger partial charge in [-0.05, 0) is 48.4 Å². The highest BCUT2D eigenvalue weighted by atomic mass is 31.2. The lowest BCUT2D eigenvalue weighted by Crippen LogP contribution is -2.47. The molecule has 2 aromatic carbocycles. The van der Waals surface area contributed by atoms with Crippen molar-refractivity contribution in [1.82, 2.24) is 5.32 Å². The van der Waals surface area contributed by atoms with Crippen molar-refractivity contribution in [3.05, 3.63) is 70.8 Å². The van der Waals surface area contributed by atoms with Crippen molar-refractivity contribution in [2.45, 2.75) is 37.9 Å². The summed E-state index contributed by atoms with van der Waals surface area (Å²) in [6.07, 6.45) is 3.19. The Morgan fingerprint density at radius 2 is 1.79 bits per heavy atom. The molecule has 0 aromatic heterocycles. The molecule has 0 fully saturated rings. The molecule has 2 amide bonds. The van der Waals surface area contributed by atoms with Crippen LogP contribution in [0.2, 0.25) is 0 Å². The minimum atomic E-state index is -5.66. The van der Waals surface area contributed by atoms with Gasteiger partial charge in [-0.25, -0.2) is 0 Å². The monoisotopic (exact) mass is 476 g/mol. The van der Waals surface area contributed by atoms with Crippen LogP contribution in [0.3, 0.4) is 0 Å². The van der Waals surface area contributed by atoms with E-state index in [0.29, 0.717) is 30.5 Å². The third-order valence-corrected chi connectivity index (χ3v) is 7.05. The normalized spacial score (nSPS) is 18.7. The number of alkyl halides is 2. The van der Waals surface area contributed by atoms with Gasteiger partial charge in [0.25, 0.3) is 0 Å². The molecule has 10 heteroatoms. The highest BCUT2D eigenvalue weighted by Crippen LogP contribution is 2.59. The molecule has 2 heterocycles. The van der Waals surface area contributed by atoms with Gasteiger partial charge in [-0.3, -0.25) is 14.2 Å². The zero-order valence-electron chi connectivity index (χ0n) is 17.8. The van der Waals surface area contributed by atoms with Crippen LogP contribution in [-0.4, -0.2) is 34.2 Å². The lowest BCUT2D eigenvalue weighted by atomic mass is 10.0. The Hall–Kier alpha value is -2.87. The summed E-state index contributed by atoms with van der Waals surface area (Å²) < 4.78 is 38.7. The first-order valence-electron chi connectivity index (χ1n) is 10.4. The van der Waals surface area contributed by atoms with Crippen molar-refractivity contribution in [1.29, 1.82) is 0 Å². The predicted octanol–water partition coefficient (Wildman–Crippen LogP) is 3.34. The Balaban J connectivity index is 1.47. The number of benzene rings is 2. The van der Waals surface area contributed by atoms with Gasteiger partial charge in [0.1, 0.15) is 6.04 Å². The number of para-hydroxylation sites is 1. The quantitative estimate of drug-likeness (QED) is 0.453. The Labute approximate surface area is 189 Å². The van der Waals surface area contributed by atoms with Crippen LogP contribution in [-0.2, 0) is 32.7 Å². The van der Waals surface area contributed by atoms with Crippen LogP contribution in [0.25, 0.3) is 5.57 Å².